The average molecular weight is 209 g/mol. The van der Waals surface area contributed by atoms with E-state index in [-0.39, 0.29) is 36.0 Å². The van der Waals surface area contributed by atoms with Crippen molar-refractivity contribution in [1.82, 2.24) is 4.98 Å². The molecule has 0 aliphatic carbocycles. The Labute approximate surface area is 109 Å². The Kier molecular flexibility index (Phi) is 4.27. The van der Waals surface area contributed by atoms with E-state index in [0.717, 1.165) is 10.8 Å². The van der Waals surface area contributed by atoms with Gasteiger partial charge in [-0.25, -0.2) is 0 Å². The van der Waals surface area contributed by atoms with Gasteiger partial charge in [-0.3, -0.25) is 4.98 Å². The van der Waals surface area contributed by atoms with Crippen LogP contribution in [0.2, 0.25) is 0 Å². The van der Waals surface area contributed by atoms with Gasteiger partial charge < -0.3 is 9.90 Å². The SMILES string of the molecule is O=C([O-])Cc1nccc2ccccc12.[Na+]. The van der Waals surface area contributed by atoms with Crippen LogP contribution in [0.5, 0.6) is 0 Å². The standard InChI is InChI=1S/C11H9NO2.Na/c13-11(14)7-10-9-4-2-1-3-8(9)5-6-12-10;/h1-6H,7H2,(H,13,14);/q;+1/p-1. The third kappa shape index (κ3) is 2.78. The maximum absolute atomic E-state index is 10.5. The Morgan fingerprint density at radius 3 is 2.73 bits per heavy atom. The molecule has 15 heavy (non-hydrogen) atoms. The second kappa shape index (κ2) is 5.26. The normalized spacial score (nSPS) is 9.60. The number of carboxylic acid groups (broad SMARTS) is 1. The van der Waals surface area contributed by atoms with Crippen LogP contribution >= 0.6 is 0 Å². The number of carboxylic acids is 1. The van der Waals surface area contributed by atoms with Crippen molar-refractivity contribution in [1.29, 1.82) is 0 Å². The summed E-state index contributed by atoms with van der Waals surface area (Å²) < 4.78 is 0. The van der Waals surface area contributed by atoms with Gasteiger partial charge in [0.15, 0.2) is 0 Å². The van der Waals surface area contributed by atoms with Gasteiger partial charge >= 0.3 is 29.6 Å². The number of carbonyl (C=O) groups excluding carboxylic acids is 1. The third-order valence-electron chi connectivity index (χ3n) is 2.07. The van der Waals surface area contributed by atoms with Gasteiger partial charge in [0.05, 0.1) is 5.69 Å². The Bertz CT molecular complexity index is 479. The van der Waals surface area contributed by atoms with Crippen molar-refractivity contribution >= 4 is 16.7 Å². The van der Waals surface area contributed by atoms with Crippen molar-refractivity contribution in [3.63, 3.8) is 0 Å². The molecule has 0 amide bonds. The van der Waals surface area contributed by atoms with Crippen LogP contribution < -0.4 is 34.7 Å². The molecule has 0 atom stereocenters. The first-order valence-electron chi connectivity index (χ1n) is 4.30. The number of rotatable bonds is 2. The van der Waals surface area contributed by atoms with E-state index in [4.69, 9.17) is 0 Å². The number of fused-ring (bicyclic) bond motifs is 1. The summed E-state index contributed by atoms with van der Waals surface area (Å²) in [5.41, 5.74) is 0.558. The van der Waals surface area contributed by atoms with Crippen molar-refractivity contribution in [2.45, 2.75) is 6.42 Å². The molecule has 2 rings (SSSR count). The second-order valence-corrected chi connectivity index (χ2v) is 3.03. The molecule has 0 aliphatic rings. The fourth-order valence-corrected chi connectivity index (χ4v) is 1.46. The summed E-state index contributed by atoms with van der Waals surface area (Å²) in [6.45, 7) is 0. The molecular formula is C11H8NNaO2. The molecule has 0 spiro atoms. The number of benzene rings is 1. The number of pyridine rings is 1. The smallest absolute Gasteiger partial charge is 0.550 e. The fourth-order valence-electron chi connectivity index (χ4n) is 1.46. The molecule has 70 valence electrons. The molecule has 1 heterocycles. The van der Waals surface area contributed by atoms with Crippen LogP contribution in [0.25, 0.3) is 10.8 Å². The first-order valence-corrected chi connectivity index (χ1v) is 4.30. The van der Waals surface area contributed by atoms with Crippen molar-refractivity contribution in [2.24, 2.45) is 0 Å². The molecule has 1 aromatic heterocycles. The largest absolute Gasteiger partial charge is 1.00 e. The van der Waals surface area contributed by atoms with Gasteiger partial charge in [0.2, 0.25) is 0 Å². The zero-order chi connectivity index (χ0) is 9.97. The first-order chi connectivity index (χ1) is 6.77. The van der Waals surface area contributed by atoms with Gasteiger partial charge in [-0.2, -0.15) is 0 Å². The van der Waals surface area contributed by atoms with E-state index in [1.54, 1.807) is 6.20 Å². The first kappa shape index (κ1) is 12.2. The predicted octanol–water partition coefficient (Wildman–Crippen LogP) is -2.47. The van der Waals surface area contributed by atoms with Gasteiger partial charge in [-0.1, -0.05) is 24.3 Å². The van der Waals surface area contributed by atoms with Crippen LogP contribution in [0.15, 0.2) is 36.5 Å². The topological polar surface area (TPSA) is 53.0 Å². The number of aliphatic carboxylic acids is 1. The summed E-state index contributed by atoms with van der Waals surface area (Å²) >= 11 is 0. The predicted molar refractivity (Wildman–Crippen MR) is 50.5 cm³/mol. The van der Waals surface area contributed by atoms with Crippen molar-refractivity contribution < 1.29 is 39.5 Å². The van der Waals surface area contributed by atoms with Crippen LogP contribution in [0, 0.1) is 0 Å². The molecule has 0 unspecified atom stereocenters. The van der Waals surface area contributed by atoms with Gasteiger partial charge in [0, 0.05) is 24.0 Å². The van der Waals surface area contributed by atoms with Gasteiger partial charge in [0.25, 0.3) is 0 Å². The summed E-state index contributed by atoms with van der Waals surface area (Å²) in [6, 6.07) is 9.42. The number of carbonyl (C=O) groups is 1. The molecule has 0 radical (unpaired) electrons. The summed E-state index contributed by atoms with van der Waals surface area (Å²) in [5, 5.41) is 12.3. The zero-order valence-corrected chi connectivity index (χ0v) is 10.4. The minimum absolute atomic E-state index is 0. The number of aromatic nitrogens is 1. The Hall–Kier alpha value is -0.900. The third-order valence-corrected chi connectivity index (χ3v) is 2.07. The Morgan fingerprint density at radius 1 is 1.27 bits per heavy atom. The number of hydrogen-bond donors (Lipinski definition) is 0. The van der Waals surface area contributed by atoms with Crippen LogP contribution in [-0.2, 0) is 11.2 Å². The molecule has 0 saturated carbocycles. The minimum Gasteiger partial charge on any atom is -0.550 e. The number of nitrogens with zero attached hydrogens (tertiary/aromatic N) is 1. The quantitative estimate of drug-likeness (QED) is 0.515. The summed E-state index contributed by atoms with van der Waals surface area (Å²) in [4.78, 5) is 14.5. The van der Waals surface area contributed by atoms with E-state index in [0.29, 0.717) is 5.69 Å². The van der Waals surface area contributed by atoms with Crippen molar-refractivity contribution in [3.8, 4) is 0 Å². The van der Waals surface area contributed by atoms with Crippen LogP contribution in [0.4, 0.5) is 0 Å². The molecule has 0 fully saturated rings. The monoisotopic (exact) mass is 209 g/mol. The van der Waals surface area contributed by atoms with E-state index in [9.17, 15) is 9.90 Å². The summed E-state index contributed by atoms with van der Waals surface area (Å²) in [5.74, 6) is -1.10. The maximum atomic E-state index is 10.5. The molecule has 0 N–H and O–H groups in total. The minimum atomic E-state index is -1.10. The average Bonchev–Trinajstić information content (AvgIpc) is 2.18. The molecule has 1 aromatic carbocycles. The van der Waals surface area contributed by atoms with Crippen molar-refractivity contribution in [2.75, 3.05) is 0 Å². The Balaban J connectivity index is 0.00000112. The number of hydrogen-bond acceptors (Lipinski definition) is 3. The maximum Gasteiger partial charge on any atom is 1.00 e. The van der Waals surface area contributed by atoms with E-state index in [1.807, 2.05) is 30.3 Å². The van der Waals surface area contributed by atoms with E-state index >= 15 is 0 Å². The summed E-state index contributed by atoms with van der Waals surface area (Å²) in [7, 11) is 0. The molecule has 0 saturated heterocycles. The summed E-state index contributed by atoms with van der Waals surface area (Å²) in [6.07, 6.45) is 1.47. The van der Waals surface area contributed by atoms with Crippen LogP contribution in [-0.4, -0.2) is 11.0 Å². The van der Waals surface area contributed by atoms with E-state index < -0.39 is 5.97 Å². The van der Waals surface area contributed by atoms with Crippen LogP contribution in [0.3, 0.4) is 0 Å². The van der Waals surface area contributed by atoms with E-state index in [2.05, 4.69) is 4.98 Å². The molecular weight excluding hydrogens is 201 g/mol. The van der Waals surface area contributed by atoms with Gasteiger partial charge in [-0.15, -0.1) is 0 Å². The van der Waals surface area contributed by atoms with Gasteiger partial charge in [0.1, 0.15) is 0 Å². The zero-order valence-electron chi connectivity index (χ0n) is 8.43. The van der Waals surface area contributed by atoms with Gasteiger partial charge in [-0.05, 0) is 11.5 Å². The van der Waals surface area contributed by atoms with Crippen molar-refractivity contribution in [3.05, 3.63) is 42.2 Å². The molecule has 0 aliphatic heterocycles. The second-order valence-electron chi connectivity index (χ2n) is 3.03. The molecule has 2 aromatic rings. The van der Waals surface area contributed by atoms with E-state index in [1.165, 1.54) is 0 Å². The molecule has 3 nitrogen and oxygen atoms in total. The Morgan fingerprint density at radius 2 is 2.00 bits per heavy atom. The molecule has 0 bridgehead atoms. The fraction of sp³-hybridized carbons (Fsp3) is 0.0909. The van der Waals surface area contributed by atoms with Crippen LogP contribution in [0.1, 0.15) is 5.69 Å². The molecule has 4 heteroatoms.